The summed E-state index contributed by atoms with van der Waals surface area (Å²) in [7, 11) is 0. The van der Waals surface area contributed by atoms with Crippen LogP contribution >= 0.6 is 24.0 Å². The molecule has 0 radical (unpaired) electrons. The number of aliphatic carboxylic acids is 1. The molecule has 1 saturated heterocycles. The highest BCUT2D eigenvalue weighted by molar-refractivity contribution is 6.33. The number of carbonyl (C=O) groups is 2. The summed E-state index contributed by atoms with van der Waals surface area (Å²) >= 11 is 6.11. The highest BCUT2D eigenvalue weighted by Crippen LogP contribution is 2.29. The average Bonchev–Trinajstić information content (AvgIpc) is 2.80. The lowest BCUT2D eigenvalue weighted by Crippen LogP contribution is -2.47. The fourth-order valence-electron chi connectivity index (χ4n) is 2.55. The number of para-hydroxylation sites is 1. The number of rotatable bonds is 6. The number of halogens is 2. The molecule has 2 atom stereocenters. The Labute approximate surface area is 141 Å². The summed E-state index contributed by atoms with van der Waals surface area (Å²) in [6, 6.07) is 6.02. The van der Waals surface area contributed by atoms with Gasteiger partial charge in [0.15, 0.2) is 0 Å². The number of carboxylic acid groups (broad SMARTS) is 1. The van der Waals surface area contributed by atoms with Crippen LogP contribution in [0.5, 0.6) is 0 Å². The zero-order valence-electron chi connectivity index (χ0n) is 12.3. The lowest BCUT2D eigenvalue weighted by atomic mass is 10.1. The molecule has 0 aliphatic carbocycles. The Hall–Kier alpha value is -1.30. The Kier molecular flexibility index (Phi) is 7.13. The molecule has 5 nitrogen and oxygen atoms in total. The van der Waals surface area contributed by atoms with E-state index in [0.717, 1.165) is 6.42 Å². The van der Waals surface area contributed by atoms with Gasteiger partial charge in [0.25, 0.3) is 0 Å². The van der Waals surface area contributed by atoms with Crippen LogP contribution in [0.1, 0.15) is 26.2 Å². The van der Waals surface area contributed by atoms with E-state index in [4.69, 9.17) is 16.7 Å². The van der Waals surface area contributed by atoms with Gasteiger partial charge in [0.05, 0.1) is 16.8 Å². The molecule has 122 valence electrons. The molecule has 2 rings (SSSR count). The first-order valence-electron chi connectivity index (χ1n) is 7.09. The molecule has 1 aliphatic heterocycles. The monoisotopic (exact) mass is 346 g/mol. The molecule has 2 unspecified atom stereocenters. The van der Waals surface area contributed by atoms with Gasteiger partial charge in [0.1, 0.15) is 6.04 Å². The summed E-state index contributed by atoms with van der Waals surface area (Å²) in [6.45, 7) is 2.46. The highest BCUT2D eigenvalue weighted by atomic mass is 35.5. The van der Waals surface area contributed by atoms with Gasteiger partial charge in [-0.1, -0.05) is 37.1 Å². The van der Waals surface area contributed by atoms with Crippen molar-refractivity contribution in [3.8, 4) is 0 Å². The van der Waals surface area contributed by atoms with Crippen molar-refractivity contribution < 1.29 is 14.7 Å². The Bertz CT molecular complexity index is 539. The second kappa shape index (κ2) is 8.36. The zero-order valence-corrected chi connectivity index (χ0v) is 13.9. The number of anilines is 1. The van der Waals surface area contributed by atoms with E-state index in [1.54, 1.807) is 17.0 Å². The standard InChI is InChI=1S/C15H19ClN2O3.ClH/c1-2-5-12(15(20)21)17-11-8-9-18(14(11)19)13-7-4-3-6-10(13)16;/h3-4,6-7,11-12,17H,2,5,8-9H2,1H3,(H,20,21);1H. The van der Waals surface area contributed by atoms with E-state index in [1.807, 2.05) is 19.1 Å². The molecule has 2 N–H and O–H groups in total. The third kappa shape index (κ3) is 4.12. The summed E-state index contributed by atoms with van der Waals surface area (Å²) in [6.07, 6.45) is 1.84. The van der Waals surface area contributed by atoms with E-state index in [1.165, 1.54) is 0 Å². The van der Waals surface area contributed by atoms with Crippen LogP contribution in [-0.2, 0) is 9.59 Å². The number of carbonyl (C=O) groups excluding carboxylic acids is 1. The Morgan fingerprint density at radius 3 is 2.77 bits per heavy atom. The number of nitrogens with zero attached hydrogens (tertiary/aromatic N) is 1. The molecule has 1 heterocycles. The van der Waals surface area contributed by atoms with E-state index in [2.05, 4.69) is 5.32 Å². The van der Waals surface area contributed by atoms with Gasteiger partial charge < -0.3 is 10.0 Å². The smallest absolute Gasteiger partial charge is 0.320 e. The second-order valence-corrected chi connectivity index (χ2v) is 5.54. The number of amides is 1. The van der Waals surface area contributed by atoms with Crippen molar-refractivity contribution >= 4 is 41.6 Å². The fraction of sp³-hybridized carbons (Fsp3) is 0.467. The van der Waals surface area contributed by atoms with Crippen molar-refractivity contribution in [3.05, 3.63) is 29.3 Å². The van der Waals surface area contributed by atoms with Crippen molar-refractivity contribution in [1.82, 2.24) is 5.32 Å². The maximum absolute atomic E-state index is 12.4. The van der Waals surface area contributed by atoms with Gasteiger partial charge in [-0.25, -0.2) is 0 Å². The summed E-state index contributed by atoms with van der Waals surface area (Å²) in [5.74, 6) is -1.04. The van der Waals surface area contributed by atoms with Gasteiger partial charge in [0, 0.05) is 6.54 Å². The Balaban J connectivity index is 0.00000242. The first-order chi connectivity index (χ1) is 10.0. The van der Waals surface area contributed by atoms with E-state index in [-0.39, 0.29) is 18.3 Å². The number of hydrogen-bond donors (Lipinski definition) is 2. The predicted molar refractivity (Wildman–Crippen MR) is 88.9 cm³/mol. The van der Waals surface area contributed by atoms with Crippen molar-refractivity contribution in [2.45, 2.75) is 38.3 Å². The molecular weight excluding hydrogens is 327 g/mol. The number of hydrogen-bond acceptors (Lipinski definition) is 3. The highest BCUT2D eigenvalue weighted by Gasteiger charge is 2.35. The molecule has 1 fully saturated rings. The molecule has 1 aromatic carbocycles. The topological polar surface area (TPSA) is 69.6 Å². The zero-order chi connectivity index (χ0) is 15.4. The fourth-order valence-corrected chi connectivity index (χ4v) is 2.79. The van der Waals surface area contributed by atoms with Crippen LogP contribution in [0.3, 0.4) is 0 Å². The summed E-state index contributed by atoms with van der Waals surface area (Å²) in [5.41, 5.74) is 0.677. The molecule has 22 heavy (non-hydrogen) atoms. The van der Waals surface area contributed by atoms with E-state index in [9.17, 15) is 9.59 Å². The Morgan fingerprint density at radius 2 is 2.18 bits per heavy atom. The number of carboxylic acids is 1. The number of benzene rings is 1. The predicted octanol–water partition coefficient (Wildman–Crippen LogP) is 2.71. The summed E-state index contributed by atoms with van der Waals surface area (Å²) in [5, 5.41) is 12.6. The van der Waals surface area contributed by atoms with Gasteiger partial charge in [-0.2, -0.15) is 0 Å². The molecule has 0 saturated carbocycles. The molecule has 1 aliphatic rings. The summed E-state index contributed by atoms with van der Waals surface area (Å²) < 4.78 is 0. The van der Waals surface area contributed by atoms with Gasteiger partial charge in [-0.15, -0.1) is 12.4 Å². The van der Waals surface area contributed by atoms with Gasteiger partial charge in [-0.3, -0.25) is 14.9 Å². The summed E-state index contributed by atoms with van der Waals surface area (Å²) in [4.78, 5) is 25.2. The lowest BCUT2D eigenvalue weighted by molar-refractivity contribution is -0.140. The van der Waals surface area contributed by atoms with Crippen molar-refractivity contribution in [3.63, 3.8) is 0 Å². The maximum atomic E-state index is 12.4. The number of nitrogens with one attached hydrogen (secondary N) is 1. The minimum absolute atomic E-state index is 0. The van der Waals surface area contributed by atoms with Gasteiger partial charge in [0.2, 0.25) is 5.91 Å². The van der Waals surface area contributed by atoms with Crippen LogP contribution in [0.4, 0.5) is 5.69 Å². The third-order valence-electron chi connectivity index (χ3n) is 3.63. The van der Waals surface area contributed by atoms with Gasteiger partial charge >= 0.3 is 5.97 Å². The van der Waals surface area contributed by atoms with Crippen LogP contribution in [0, 0.1) is 0 Å². The molecule has 0 bridgehead atoms. The molecule has 7 heteroatoms. The largest absolute Gasteiger partial charge is 0.480 e. The van der Waals surface area contributed by atoms with Crippen molar-refractivity contribution in [1.29, 1.82) is 0 Å². The lowest BCUT2D eigenvalue weighted by Gasteiger charge is -2.20. The van der Waals surface area contributed by atoms with Crippen LogP contribution in [0.15, 0.2) is 24.3 Å². The maximum Gasteiger partial charge on any atom is 0.320 e. The minimum atomic E-state index is -0.916. The van der Waals surface area contributed by atoms with E-state index >= 15 is 0 Å². The van der Waals surface area contributed by atoms with Crippen molar-refractivity contribution in [2.24, 2.45) is 0 Å². The van der Waals surface area contributed by atoms with Crippen molar-refractivity contribution in [2.75, 3.05) is 11.4 Å². The first-order valence-corrected chi connectivity index (χ1v) is 7.47. The SMILES string of the molecule is CCCC(NC1CCN(c2ccccc2Cl)C1=O)C(=O)O.Cl. The Morgan fingerprint density at radius 1 is 1.50 bits per heavy atom. The van der Waals surface area contributed by atoms with E-state index < -0.39 is 18.1 Å². The average molecular weight is 347 g/mol. The van der Waals surface area contributed by atoms with Crippen LogP contribution in [-0.4, -0.2) is 35.6 Å². The molecular formula is C15H20Cl2N2O3. The molecule has 1 aromatic rings. The molecule has 0 aromatic heterocycles. The normalized spacial score (nSPS) is 18.9. The second-order valence-electron chi connectivity index (χ2n) is 5.13. The quantitative estimate of drug-likeness (QED) is 0.830. The van der Waals surface area contributed by atoms with Gasteiger partial charge in [-0.05, 0) is 25.0 Å². The molecule has 1 amide bonds. The molecule has 0 spiro atoms. The van der Waals surface area contributed by atoms with E-state index in [0.29, 0.717) is 30.1 Å². The minimum Gasteiger partial charge on any atom is -0.480 e. The third-order valence-corrected chi connectivity index (χ3v) is 3.95. The van der Waals surface area contributed by atoms with Crippen LogP contribution in [0.25, 0.3) is 0 Å². The van der Waals surface area contributed by atoms with Crippen LogP contribution in [0.2, 0.25) is 5.02 Å². The van der Waals surface area contributed by atoms with Crippen LogP contribution < -0.4 is 10.2 Å². The first kappa shape index (κ1) is 18.7.